The second-order valence-corrected chi connectivity index (χ2v) is 10.7. The molecule has 0 radical (unpaired) electrons. The van der Waals surface area contributed by atoms with Gasteiger partial charge in [0.1, 0.15) is 17.7 Å². The van der Waals surface area contributed by atoms with Gasteiger partial charge in [0.15, 0.2) is 0 Å². The van der Waals surface area contributed by atoms with Gasteiger partial charge in [-0.15, -0.1) is 0 Å². The SMILES string of the molecule is O=C(NCc1ccc(Cl)cc1)[C@H](Nc1cc(-n2cccc2)nc(NCc2cccc(Cl)c2)n1)C1CCCCC1. The smallest absolute Gasteiger partial charge is 0.243 e. The van der Waals surface area contributed by atoms with Gasteiger partial charge < -0.3 is 20.5 Å². The molecule has 1 aliphatic carbocycles. The van der Waals surface area contributed by atoms with E-state index in [9.17, 15) is 4.79 Å². The lowest BCUT2D eigenvalue weighted by Crippen LogP contribution is -2.45. The molecule has 0 saturated heterocycles. The lowest BCUT2D eigenvalue weighted by atomic mass is 9.83. The van der Waals surface area contributed by atoms with Crippen molar-refractivity contribution >= 4 is 40.9 Å². The highest BCUT2D eigenvalue weighted by atomic mass is 35.5. The molecule has 1 saturated carbocycles. The summed E-state index contributed by atoms with van der Waals surface area (Å²) in [6.07, 6.45) is 9.33. The summed E-state index contributed by atoms with van der Waals surface area (Å²) in [7, 11) is 0. The molecule has 1 fully saturated rings. The zero-order chi connectivity index (χ0) is 27.0. The average Bonchev–Trinajstić information content (AvgIpc) is 3.50. The van der Waals surface area contributed by atoms with Crippen molar-refractivity contribution in [1.29, 1.82) is 0 Å². The van der Waals surface area contributed by atoms with Crippen molar-refractivity contribution in [1.82, 2.24) is 19.9 Å². The second kappa shape index (κ2) is 13.0. The number of carbonyl (C=O) groups excluding carboxylic acids is 1. The maximum atomic E-state index is 13.6. The summed E-state index contributed by atoms with van der Waals surface area (Å²) in [5.41, 5.74) is 2.02. The van der Waals surface area contributed by atoms with Crippen molar-refractivity contribution in [2.45, 2.75) is 51.2 Å². The van der Waals surface area contributed by atoms with Crippen molar-refractivity contribution < 1.29 is 4.79 Å². The van der Waals surface area contributed by atoms with Gasteiger partial charge in [-0.1, -0.05) is 66.7 Å². The molecule has 39 heavy (non-hydrogen) atoms. The molecule has 0 aliphatic heterocycles. The summed E-state index contributed by atoms with van der Waals surface area (Å²) in [4.78, 5) is 23.0. The summed E-state index contributed by atoms with van der Waals surface area (Å²) in [6.45, 7) is 0.953. The molecule has 0 bridgehead atoms. The van der Waals surface area contributed by atoms with E-state index in [-0.39, 0.29) is 11.8 Å². The number of rotatable bonds is 10. The van der Waals surface area contributed by atoms with Gasteiger partial charge in [0.25, 0.3) is 0 Å². The van der Waals surface area contributed by atoms with Crippen molar-refractivity contribution in [3.8, 4) is 5.82 Å². The Hall–Kier alpha value is -3.55. The Balaban J connectivity index is 1.37. The van der Waals surface area contributed by atoms with Gasteiger partial charge in [-0.3, -0.25) is 4.79 Å². The van der Waals surface area contributed by atoms with Gasteiger partial charge in [-0.05, 0) is 66.3 Å². The van der Waals surface area contributed by atoms with Crippen LogP contribution in [0.15, 0.2) is 79.1 Å². The van der Waals surface area contributed by atoms with E-state index < -0.39 is 6.04 Å². The number of halogens is 2. The number of nitrogens with one attached hydrogen (secondary N) is 3. The second-order valence-electron chi connectivity index (χ2n) is 9.87. The van der Waals surface area contributed by atoms with Crippen molar-refractivity contribution in [3.05, 3.63) is 100 Å². The van der Waals surface area contributed by atoms with Gasteiger partial charge in [-0.25, -0.2) is 0 Å². The molecule has 0 unspecified atom stereocenters. The fraction of sp³-hybridized carbons (Fsp3) is 0.300. The Morgan fingerprint density at radius 2 is 1.64 bits per heavy atom. The normalized spacial score (nSPS) is 14.5. The first-order valence-corrected chi connectivity index (χ1v) is 14.1. The molecule has 2 heterocycles. The lowest BCUT2D eigenvalue weighted by molar-refractivity contribution is -0.123. The first-order valence-electron chi connectivity index (χ1n) is 13.3. The van der Waals surface area contributed by atoms with Crippen LogP contribution in [-0.4, -0.2) is 26.5 Å². The van der Waals surface area contributed by atoms with Gasteiger partial charge >= 0.3 is 0 Å². The highest BCUT2D eigenvalue weighted by Crippen LogP contribution is 2.29. The van der Waals surface area contributed by atoms with Crippen molar-refractivity contribution in [2.24, 2.45) is 5.92 Å². The number of aromatic nitrogens is 3. The summed E-state index contributed by atoms with van der Waals surface area (Å²) in [5.74, 6) is 1.95. The molecule has 202 valence electrons. The van der Waals surface area contributed by atoms with E-state index >= 15 is 0 Å². The standard InChI is InChI=1S/C30H32Cl2N6O/c31-24-13-11-21(12-14-24)19-33-29(39)28(23-8-2-1-3-9-23)35-26-18-27(38-15-4-5-16-38)37-30(36-26)34-20-22-7-6-10-25(32)17-22/h4-7,10-18,23,28H,1-3,8-9,19-20H2,(H,33,39)(H2,34,35,36,37)/t28-/m1/s1. The quantitative estimate of drug-likeness (QED) is 0.196. The van der Waals surface area contributed by atoms with E-state index in [0.717, 1.165) is 36.8 Å². The molecule has 3 N–H and O–H groups in total. The first kappa shape index (κ1) is 27.0. The number of benzene rings is 2. The van der Waals surface area contributed by atoms with E-state index in [1.165, 1.54) is 6.42 Å². The van der Waals surface area contributed by atoms with E-state index in [0.29, 0.717) is 40.7 Å². The third-order valence-corrected chi connectivity index (χ3v) is 7.50. The van der Waals surface area contributed by atoms with Gasteiger partial charge in [-0.2, -0.15) is 9.97 Å². The monoisotopic (exact) mass is 562 g/mol. The zero-order valence-corrected chi connectivity index (χ0v) is 23.1. The zero-order valence-electron chi connectivity index (χ0n) is 21.6. The minimum atomic E-state index is -0.411. The number of hydrogen-bond donors (Lipinski definition) is 3. The van der Waals surface area contributed by atoms with Crippen LogP contribution in [-0.2, 0) is 17.9 Å². The molecule has 1 aliphatic rings. The minimum absolute atomic E-state index is 0.0357. The molecule has 9 heteroatoms. The Labute approximate surface area is 239 Å². The van der Waals surface area contributed by atoms with Crippen LogP contribution in [0, 0.1) is 5.92 Å². The Bertz CT molecular complexity index is 1370. The van der Waals surface area contributed by atoms with Gasteiger partial charge in [0.05, 0.1) is 0 Å². The fourth-order valence-corrected chi connectivity index (χ4v) is 5.30. The summed E-state index contributed by atoms with van der Waals surface area (Å²) >= 11 is 12.2. The van der Waals surface area contributed by atoms with Crippen LogP contribution < -0.4 is 16.0 Å². The van der Waals surface area contributed by atoms with Crippen LogP contribution in [0.2, 0.25) is 10.0 Å². The van der Waals surface area contributed by atoms with Crippen LogP contribution >= 0.6 is 23.2 Å². The number of amides is 1. The van der Waals surface area contributed by atoms with E-state index in [4.69, 9.17) is 33.2 Å². The summed E-state index contributed by atoms with van der Waals surface area (Å²) < 4.78 is 1.92. The molecule has 5 rings (SSSR count). The highest BCUT2D eigenvalue weighted by Gasteiger charge is 2.30. The first-order chi connectivity index (χ1) is 19.0. The largest absolute Gasteiger partial charge is 0.358 e. The van der Waals surface area contributed by atoms with Crippen molar-refractivity contribution in [3.63, 3.8) is 0 Å². The molecule has 1 amide bonds. The number of hydrogen-bond acceptors (Lipinski definition) is 5. The van der Waals surface area contributed by atoms with Crippen LogP contribution in [0.5, 0.6) is 0 Å². The topological polar surface area (TPSA) is 83.9 Å². The van der Waals surface area contributed by atoms with Gasteiger partial charge in [0.2, 0.25) is 11.9 Å². The molecule has 4 aromatic rings. The van der Waals surface area contributed by atoms with E-state index in [1.54, 1.807) is 0 Å². The third kappa shape index (κ3) is 7.52. The third-order valence-electron chi connectivity index (χ3n) is 7.01. The van der Waals surface area contributed by atoms with Crippen LogP contribution in [0.4, 0.5) is 11.8 Å². The molecule has 2 aromatic carbocycles. The molecule has 1 atom stereocenters. The van der Waals surface area contributed by atoms with Crippen LogP contribution in [0.1, 0.15) is 43.2 Å². The van der Waals surface area contributed by atoms with Crippen molar-refractivity contribution in [2.75, 3.05) is 10.6 Å². The fourth-order valence-electron chi connectivity index (χ4n) is 4.96. The number of nitrogens with zero attached hydrogens (tertiary/aromatic N) is 3. The molecule has 0 spiro atoms. The Kier molecular flexibility index (Phi) is 9.01. The predicted molar refractivity (Wildman–Crippen MR) is 157 cm³/mol. The van der Waals surface area contributed by atoms with E-state index in [1.807, 2.05) is 83.7 Å². The maximum absolute atomic E-state index is 13.6. The summed E-state index contributed by atoms with van der Waals surface area (Å²) in [5, 5.41) is 11.3. The molecular weight excluding hydrogens is 531 g/mol. The average molecular weight is 564 g/mol. The Morgan fingerprint density at radius 1 is 0.872 bits per heavy atom. The van der Waals surface area contributed by atoms with Gasteiger partial charge in [0, 0.05) is 41.6 Å². The Morgan fingerprint density at radius 3 is 2.38 bits per heavy atom. The molecule has 7 nitrogen and oxygen atoms in total. The van der Waals surface area contributed by atoms with Crippen LogP contribution in [0.3, 0.4) is 0 Å². The number of carbonyl (C=O) groups is 1. The number of anilines is 2. The van der Waals surface area contributed by atoms with E-state index in [2.05, 4.69) is 16.0 Å². The molecule has 2 aromatic heterocycles. The minimum Gasteiger partial charge on any atom is -0.358 e. The lowest BCUT2D eigenvalue weighted by Gasteiger charge is -2.30. The summed E-state index contributed by atoms with van der Waals surface area (Å²) in [6, 6.07) is 20.6. The molecular formula is C30H32Cl2N6O. The highest BCUT2D eigenvalue weighted by molar-refractivity contribution is 6.30. The maximum Gasteiger partial charge on any atom is 0.243 e. The van der Waals surface area contributed by atoms with Crippen LogP contribution in [0.25, 0.3) is 5.82 Å². The predicted octanol–water partition coefficient (Wildman–Crippen LogP) is 6.86.